The molecule has 0 radical (unpaired) electrons. The van der Waals surface area contributed by atoms with E-state index < -0.39 is 34.4 Å². The van der Waals surface area contributed by atoms with Crippen molar-refractivity contribution in [1.29, 1.82) is 0 Å². The molecular formula is C21H17BrO7. The van der Waals surface area contributed by atoms with Crippen LogP contribution in [-0.4, -0.2) is 50.7 Å². The molecular weight excluding hydrogens is 444 g/mol. The first kappa shape index (κ1) is 19.6. The molecule has 2 aliphatic carbocycles. The normalized spacial score (nSPS) is 20.0. The minimum Gasteiger partial charge on any atom is -0.507 e. The number of aromatic hydroxyl groups is 2. The van der Waals surface area contributed by atoms with E-state index >= 15 is 0 Å². The number of phenolic OH excluding ortho intramolecular Hbond substituents is 2. The summed E-state index contributed by atoms with van der Waals surface area (Å²) in [6.45, 7) is 0. The molecule has 0 aliphatic heterocycles. The van der Waals surface area contributed by atoms with Gasteiger partial charge in [-0.25, -0.2) is 0 Å². The van der Waals surface area contributed by atoms with Crippen molar-refractivity contribution in [2.24, 2.45) is 0 Å². The first-order chi connectivity index (χ1) is 13.7. The molecule has 1 atom stereocenters. The van der Waals surface area contributed by atoms with Gasteiger partial charge >= 0.3 is 0 Å². The fourth-order valence-electron chi connectivity index (χ4n) is 4.19. The van der Waals surface area contributed by atoms with Crippen LogP contribution in [0.25, 0.3) is 0 Å². The molecule has 0 fully saturated rings. The number of hydrogen-bond acceptors (Lipinski definition) is 7. The van der Waals surface area contributed by atoms with Crippen molar-refractivity contribution in [2.45, 2.75) is 24.9 Å². The Bertz CT molecular complexity index is 1100. The van der Waals surface area contributed by atoms with E-state index in [-0.39, 0.29) is 63.7 Å². The molecule has 2 aliphatic rings. The number of phenols is 2. The summed E-state index contributed by atoms with van der Waals surface area (Å²) in [4.78, 5) is 38.4. The number of carbonyl (C=O) groups is 3. The molecule has 0 saturated heterocycles. The Morgan fingerprint density at radius 3 is 2.41 bits per heavy atom. The highest BCUT2D eigenvalue weighted by Gasteiger charge is 2.45. The third-order valence-corrected chi connectivity index (χ3v) is 6.24. The first-order valence-electron chi connectivity index (χ1n) is 8.92. The van der Waals surface area contributed by atoms with Gasteiger partial charge in [-0.05, 0) is 18.9 Å². The Morgan fingerprint density at radius 2 is 1.76 bits per heavy atom. The van der Waals surface area contributed by atoms with Crippen LogP contribution in [-0.2, 0) is 17.6 Å². The summed E-state index contributed by atoms with van der Waals surface area (Å²) in [6, 6.07) is 4.54. The number of rotatable bonds is 3. The van der Waals surface area contributed by atoms with E-state index in [4.69, 9.17) is 4.74 Å². The first-order valence-corrected chi connectivity index (χ1v) is 10.0. The van der Waals surface area contributed by atoms with Crippen molar-refractivity contribution in [3.05, 3.63) is 51.6 Å². The summed E-state index contributed by atoms with van der Waals surface area (Å²) < 4.78 is 5.20. The van der Waals surface area contributed by atoms with Crippen molar-refractivity contribution in [3.63, 3.8) is 0 Å². The highest BCUT2D eigenvalue weighted by molar-refractivity contribution is 9.09. The number of fused-ring (bicyclic) bond motifs is 3. The number of halogens is 1. The fourth-order valence-corrected chi connectivity index (χ4v) is 4.71. The molecule has 150 valence electrons. The Kier molecular flexibility index (Phi) is 4.51. The largest absolute Gasteiger partial charge is 0.507 e. The monoisotopic (exact) mass is 460 g/mol. The molecule has 0 bridgehead atoms. The van der Waals surface area contributed by atoms with Gasteiger partial charge in [0.05, 0.1) is 29.1 Å². The Morgan fingerprint density at radius 1 is 1.10 bits per heavy atom. The van der Waals surface area contributed by atoms with Crippen LogP contribution in [0.15, 0.2) is 18.2 Å². The van der Waals surface area contributed by atoms with Gasteiger partial charge in [0.25, 0.3) is 0 Å². The molecule has 1 unspecified atom stereocenters. The number of carbonyl (C=O) groups excluding carboxylic acids is 3. The van der Waals surface area contributed by atoms with Crippen molar-refractivity contribution in [1.82, 2.24) is 0 Å². The predicted octanol–water partition coefficient (Wildman–Crippen LogP) is 2.07. The molecule has 2 aromatic carbocycles. The van der Waals surface area contributed by atoms with E-state index in [2.05, 4.69) is 15.9 Å². The lowest BCUT2D eigenvalue weighted by molar-refractivity contribution is -0.135. The van der Waals surface area contributed by atoms with E-state index in [0.29, 0.717) is 0 Å². The second-order valence-electron chi connectivity index (χ2n) is 7.21. The van der Waals surface area contributed by atoms with Gasteiger partial charge in [0, 0.05) is 23.1 Å². The number of alkyl halides is 1. The topological polar surface area (TPSA) is 121 Å². The maximum absolute atomic E-state index is 13.2. The number of aliphatic hydroxyl groups is 1. The van der Waals surface area contributed by atoms with Crippen LogP contribution in [0, 0.1) is 0 Å². The molecule has 7 nitrogen and oxygen atoms in total. The van der Waals surface area contributed by atoms with Gasteiger partial charge in [-0.15, -0.1) is 0 Å². The lowest BCUT2D eigenvalue weighted by Gasteiger charge is -2.34. The maximum atomic E-state index is 13.2. The molecule has 0 heterocycles. The minimum atomic E-state index is -1.72. The average Bonchev–Trinajstić information content (AvgIpc) is 2.73. The molecule has 0 aromatic heterocycles. The second-order valence-corrected chi connectivity index (χ2v) is 7.77. The van der Waals surface area contributed by atoms with Gasteiger partial charge in [-0.3, -0.25) is 14.4 Å². The molecule has 2 aromatic rings. The zero-order valence-electron chi connectivity index (χ0n) is 15.4. The van der Waals surface area contributed by atoms with Crippen molar-refractivity contribution in [2.75, 3.05) is 12.4 Å². The number of methoxy groups -OCH3 is 1. The van der Waals surface area contributed by atoms with E-state index in [9.17, 15) is 29.7 Å². The number of ether oxygens (including phenoxy) is 1. The third-order valence-electron chi connectivity index (χ3n) is 5.73. The highest BCUT2D eigenvalue weighted by atomic mass is 79.9. The van der Waals surface area contributed by atoms with Gasteiger partial charge in [-0.1, -0.05) is 28.1 Å². The molecule has 3 N–H and O–H groups in total. The van der Waals surface area contributed by atoms with Gasteiger partial charge < -0.3 is 20.1 Å². The SMILES string of the molecule is COc1cccc2c1C(=O)c1c(O)c3c(c(O)c1C2=O)CC(O)(C(=O)CBr)CC3. The van der Waals surface area contributed by atoms with E-state index in [1.54, 1.807) is 6.07 Å². The Balaban J connectivity index is 1.97. The van der Waals surface area contributed by atoms with E-state index in [1.807, 2.05) is 0 Å². The predicted molar refractivity (Wildman–Crippen MR) is 105 cm³/mol. The summed E-state index contributed by atoms with van der Waals surface area (Å²) >= 11 is 3.04. The number of benzene rings is 2. The van der Waals surface area contributed by atoms with Crippen LogP contribution in [0.4, 0.5) is 0 Å². The summed E-state index contributed by atoms with van der Waals surface area (Å²) in [6.07, 6.45) is -0.165. The number of ketones is 3. The van der Waals surface area contributed by atoms with Gasteiger partial charge in [0.2, 0.25) is 5.78 Å². The van der Waals surface area contributed by atoms with Crippen LogP contribution in [0.3, 0.4) is 0 Å². The Labute approximate surface area is 174 Å². The maximum Gasteiger partial charge on any atom is 0.202 e. The van der Waals surface area contributed by atoms with Crippen LogP contribution < -0.4 is 4.74 Å². The quantitative estimate of drug-likeness (QED) is 0.403. The number of hydrogen-bond donors (Lipinski definition) is 3. The minimum absolute atomic E-state index is 0.0261. The summed E-state index contributed by atoms with van der Waals surface area (Å²) in [5.74, 6) is -2.42. The molecule has 4 rings (SSSR count). The smallest absolute Gasteiger partial charge is 0.202 e. The van der Waals surface area contributed by atoms with Crippen LogP contribution >= 0.6 is 15.9 Å². The van der Waals surface area contributed by atoms with E-state index in [0.717, 1.165) is 0 Å². The second kappa shape index (κ2) is 6.67. The molecule has 0 amide bonds. The standard InChI is InChI=1S/C21H17BrO7/c1-29-12-4-2-3-10-14(12)20(27)16-15(18(10)25)19(26)11-7-21(28,13(23)8-22)6-5-9(11)17(16)24/h2-4,24,26,28H,5-8H2,1H3. The third kappa shape index (κ3) is 2.63. The summed E-state index contributed by atoms with van der Waals surface area (Å²) in [7, 11) is 1.37. The zero-order chi connectivity index (χ0) is 21.1. The van der Waals surface area contributed by atoms with Crippen LogP contribution in [0.2, 0.25) is 0 Å². The zero-order valence-corrected chi connectivity index (χ0v) is 17.0. The van der Waals surface area contributed by atoms with Gasteiger partial charge in [-0.2, -0.15) is 0 Å². The lowest BCUT2D eigenvalue weighted by atomic mass is 9.73. The molecule has 0 saturated carbocycles. The van der Waals surface area contributed by atoms with E-state index in [1.165, 1.54) is 19.2 Å². The van der Waals surface area contributed by atoms with Crippen molar-refractivity contribution < 1.29 is 34.4 Å². The van der Waals surface area contributed by atoms with Crippen LogP contribution in [0.1, 0.15) is 49.4 Å². The Hall–Kier alpha value is -2.71. The summed E-state index contributed by atoms with van der Waals surface area (Å²) in [5, 5.41) is 32.4. The number of Topliss-reactive ketones (excluding diaryl/α,β-unsaturated/α-hetero) is 1. The molecule has 29 heavy (non-hydrogen) atoms. The van der Waals surface area contributed by atoms with Crippen molar-refractivity contribution >= 4 is 33.3 Å². The van der Waals surface area contributed by atoms with Gasteiger partial charge in [0.15, 0.2) is 11.6 Å². The fraction of sp³-hybridized carbons (Fsp3) is 0.286. The molecule has 8 heteroatoms. The average molecular weight is 461 g/mol. The van der Waals surface area contributed by atoms with Crippen molar-refractivity contribution in [3.8, 4) is 17.2 Å². The summed E-state index contributed by atoms with van der Waals surface area (Å²) in [5.41, 5.74) is -1.87. The van der Waals surface area contributed by atoms with Gasteiger partial charge in [0.1, 0.15) is 22.8 Å². The van der Waals surface area contributed by atoms with Crippen LogP contribution in [0.5, 0.6) is 17.2 Å². The molecule has 0 spiro atoms. The lowest BCUT2D eigenvalue weighted by Crippen LogP contribution is -2.45. The highest BCUT2D eigenvalue weighted by Crippen LogP contribution is 2.48.